The molecule has 0 spiro atoms. The van der Waals surface area contributed by atoms with Gasteiger partial charge in [0, 0.05) is 25.1 Å². The molecule has 0 fully saturated rings. The van der Waals surface area contributed by atoms with Crippen LogP contribution >= 0.6 is 11.5 Å². The van der Waals surface area contributed by atoms with E-state index in [2.05, 4.69) is 26.7 Å². The zero-order valence-corrected chi connectivity index (χ0v) is 12.9. The number of nitrogens with one attached hydrogen (secondary N) is 1. The molecule has 0 saturated heterocycles. The first-order chi connectivity index (χ1) is 9.76. The van der Waals surface area contributed by atoms with Gasteiger partial charge >= 0.3 is 0 Å². The summed E-state index contributed by atoms with van der Waals surface area (Å²) in [4.78, 5) is 2.12. The fourth-order valence-electron chi connectivity index (χ4n) is 1.94. The van der Waals surface area contributed by atoms with Crippen molar-refractivity contribution < 1.29 is 4.74 Å². The van der Waals surface area contributed by atoms with Crippen LogP contribution in [-0.4, -0.2) is 30.3 Å². The molecule has 20 heavy (non-hydrogen) atoms. The second-order valence-electron chi connectivity index (χ2n) is 4.50. The van der Waals surface area contributed by atoms with Crippen LogP contribution in [0, 0.1) is 0 Å². The molecule has 2 rings (SSSR count). The first kappa shape index (κ1) is 14.6. The molecule has 0 aliphatic heterocycles. The summed E-state index contributed by atoms with van der Waals surface area (Å²) in [5.41, 5.74) is 2.02. The first-order valence-electron chi connectivity index (χ1n) is 6.65. The molecule has 108 valence electrons. The molecule has 1 aromatic heterocycles. The van der Waals surface area contributed by atoms with Crippen molar-refractivity contribution in [1.82, 2.24) is 9.59 Å². The highest BCUT2D eigenvalue weighted by Crippen LogP contribution is 2.29. The number of methoxy groups -OCH3 is 1. The van der Waals surface area contributed by atoms with Gasteiger partial charge in [-0.05, 0) is 18.6 Å². The Morgan fingerprint density at radius 2 is 2.15 bits per heavy atom. The Labute approximate surface area is 123 Å². The van der Waals surface area contributed by atoms with Crippen molar-refractivity contribution in [2.24, 2.45) is 0 Å². The van der Waals surface area contributed by atoms with Crippen LogP contribution in [0.5, 0.6) is 5.75 Å². The SMILES string of the molecule is CCCNc1snnc1CN(C)c1ccccc1OC. The van der Waals surface area contributed by atoms with Gasteiger partial charge in [0.25, 0.3) is 0 Å². The number of aromatic nitrogens is 2. The van der Waals surface area contributed by atoms with Crippen LogP contribution in [-0.2, 0) is 6.54 Å². The van der Waals surface area contributed by atoms with E-state index in [4.69, 9.17) is 4.74 Å². The molecule has 0 aliphatic carbocycles. The van der Waals surface area contributed by atoms with E-state index in [1.165, 1.54) is 11.5 Å². The van der Waals surface area contributed by atoms with Crippen LogP contribution in [0.3, 0.4) is 0 Å². The number of benzene rings is 1. The molecular weight excluding hydrogens is 272 g/mol. The Kier molecular flexibility index (Phi) is 5.17. The number of ether oxygens (including phenoxy) is 1. The highest BCUT2D eigenvalue weighted by Gasteiger charge is 2.13. The predicted molar refractivity (Wildman–Crippen MR) is 83.8 cm³/mol. The minimum Gasteiger partial charge on any atom is -0.495 e. The molecule has 0 bridgehead atoms. The predicted octanol–water partition coefficient (Wildman–Crippen LogP) is 3.01. The third kappa shape index (κ3) is 3.39. The minimum atomic E-state index is 0.697. The van der Waals surface area contributed by atoms with Crippen molar-refractivity contribution >= 4 is 22.2 Å². The largest absolute Gasteiger partial charge is 0.495 e. The maximum atomic E-state index is 5.39. The Morgan fingerprint density at radius 3 is 2.90 bits per heavy atom. The van der Waals surface area contributed by atoms with E-state index in [9.17, 15) is 0 Å². The summed E-state index contributed by atoms with van der Waals surface area (Å²) in [6.45, 7) is 3.78. The van der Waals surface area contributed by atoms with Gasteiger partial charge in [-0.3, -0.25) is 0 Å². The van der Waals surface area contributed by atoms with Gasteiger partial charge in [0.1, 0.15) is 16.4 Å². The summed E-state index contributed by atoms with van der Waals surface area (Å²) in [5, 5.41) is 8.63. The molecule has 2 aromatic rings. The second kappa shape index (κ2) is 7.09. The van der Waals surface area contributed by atoms with Crippen LogP contribution in [0.25, 0.3) is 0 Å². The fourth-order valence-corrected chi connectivity index (χ4v) is 2.54. The number of nitrogens with zero attached hydrogens (tertiary/aromatic N) is 3. The lowest BCUT2D eigenvalue weighted by Gasteiger charge is -2.21. The van der Waals surface area contributed by atoms with Crippen molar-refractivity contribution in [2.75, 3.05) is 30.9 Å². The molecule has 0 amide bonds. The van der Waals surface area contributed by atoms with E-state index in [0.29, 0.717) is 6.54 Å². The Balaban J connectivity index is 2.11. The highest BCUT2D eigenvalue weighted by atomic mass is 32.1. The van der Waals surface area contributed by atoms with Gasteiger partial charge in [0.2, 0.25) is 0 Å². The number of anilines is 2. The third-order valence-electron chi connectivity index (χ3n) is 2.97. The van der Waals surface area contributed by atoms with Crippen molar-refractivity contribution in [3.05, 3.63) is 30.0 Å². The molecule has 0 saturated carbocycles. The van der Waals surface area contributed by atoms with Gasteiger partial charge in [-0.1, -0.05) is 23.5 Å². The number of hydrogen-bond acceptors (Lipinski definition) is 6. The monoisotopic (exact) mass is 292 g/mol. The van der Waals surface area contributed by atoms with Crippen molar-refractivity contribution in [1.29, 1.82) is 0 Å². The summed E-state index contributed by atoms with van der Waals surface area (Å²) >= 11 is 1.41. The number of hydrogen-bond donors (Lipinski definition) is 1. The van der Waals surface area contributed by atoms with Crippen LogP contribution < -0.4 is 15.0 Å². The lowest BCUT2D eigenvalue weighted by Crippen LogP contribution is -2.18. The van der Waals surface area contributed by atoms with Gasteiger partial charge in [0.15, 0.2) is 0 Å². The minimum absolute atomic E-state index is 0.697. The van der Waals surface area contributed by atoms with Gasteiger partial charge in [-0.25, -0.2) is 0 Å². The fraction of sp³-hybridized carbons (Fsp3) is 0.429. The molecule has 0 aliphatic rings. The molecule has 1 aromatic carbocycles. The average molecular weight is 292 g/mol. The van der Waals surface area contributed by atoms with Crippen LogP contribution in [0.2, 0.25) is 0 Å². The summed E-state index contributed by atoms with van der Waals surface area (Å²) in [6, 6.07) is 7.97. The van der Waals surface area contributed by atoms with E-state index in [-0.39, 0.29) is 0 Å². The van der Waals surface area contributed by atoms with Gasteiger partial charge < -0.3 is 15.0 Å². The second-order valence-corrected chi connectivity index (χ2v) is 5.26. The third-order valence-corrected chi connectivity index (χ3v) is 3.70. The molecule has 6 heteroatoms. The van der Waals surface area contributed by atoms with Crippen LogP contribution in [0.15, 0.2) is 24.3 Å². The molecule has 0 unspecified atom stereocenters. The highest BCUT2D eigenvalue weighted by molar-refractivity contribution is 7.10. The maximum absolute atomic E-state index is 5.39. The summed E-state index contributed by atoms with van der Waals surface area (Å²) in [5.74, 6) is 0.862. The quantitative estimate of drug-likeness (QED) is 0.850. The summed E-state index contributed by atoms with van der Waals surface area (Å²) < 4.78 is 9.43. The standard InChI is InChI=1S/C14H20N4OS/c1-4-9-15-14-11(16-17-20-14)10-18(2)12-7-5-6-8-13(12)19-3/h5-8,15H,4,9-10H2,1-3H3. The van der Waals surface area contributed by atoms with Gasteiger partial charge in [-0.2, -0.15) is 0 Å². The molecule has 0 atom stereocenters. The summed E-state index contributed by atoms with van der Waals surface area (Å²) in [7, 11) is 3.71. The van der Waals surface area contributed by atoms with Crippen molar-refractivity contribution in [3.63, 3.8) is 0 Å². The first-order valence-corrected chi connectivity index (χ1v) is 7.42. The maximum Gasteiger partial charge on any atom is 0.142 e. The van der Waals surface area contributed by atoms with Crippen LogP contribution in [0.1, 0.15) is 19.0 Å². The number of para-hydroxylation sites is 2. The Morgan fingerprint density at radius 1 is 1.35 bits per heavy atom. The normalized spacial score (nSPS) is 10.3. The van der Waals surface area contributed by atoms with Crippen molar-refractivity contribution in [2.45, 2.75) is 19.9 Å². The lowest BCUT2D eigenvalue weighted by molar-refractivity contribution is 0.414. The molecule has 1 heterocycles. The topological polar surface area (TPSA) is 50.3 Å². The smallest absolute Gasteiger partial charge is 0.142 e. The van der Waals surface area contributed by atoms with E-state index < -0.39 is 0 Å². The van der Waals surface area contributed by atoms with E-state index >= 15 is 0 Å². The molecular formula is C14H20N4OS. The molecule has 0 radical (unpaired) electrons. The Hall–Kier alpha value is -1.82. The Bertz CT molecular complexity index is 543. The number of rotatable bonds is 7. The molecule has 1 N–H and O–H groups in total. The molecule has 5 nitrogen and oxygen atoms in total. The van der Waals surface area contributed by atoms with Gasteiger partial charge in [-0.15, -0.1) is 5.10 Å². The zero-order valence-electron chi connectivity index (χ0n) is 12.1. The van der Waals surface area contributed by atoms with E-state index in [1.54, 1.807) is 7.11 Å². The lowest BCUT2D eigenvalue weighted by atomic mass is 10.2. The summed E-state index contributed by atoms with van der Waals surface area (Å²) in [6.07, 6.45) is 1.08. The van der Waals surface area contributed by atoms with E-state index in [0.717, 1.165) is 35.1 Å². The zero-order chi connectivity index (χ0) is 14.4. The van der Waals surface area contributed by atoms with E-state index in [1.807, 2.05) is 31.3 Å². The van der Waals surface area contributed by atoms with Crippen LogP contribution in [0.4, 0.5) is 10.7 Å². The van der Waals surface area contributed by atoms with Gasteiger partial charge in [0.05, 0.1) is 19.3 Å². The van der Waals surface area contributed by atoms with Crippen molar-refractivity contribution in [3.8, 4) is 5.75 Å². The average Bonchev–Trinajstić information content (AvgIpc) is 2.92.